The lowest BCUT2D eigenvalue weighted by molar-refractivity contribution is -0.137. The molecule has 0 amide bonds. The summed E-state index contributed by atoms with van der Waals surface area (Å²) < 4.78 is 1.99. The molecule has 4 rings (SSSR count). The van der Waals surface area contributed by atoms with E-state index in [4.69, 9.17) is 5.11 Å². The maximum Gasteiger partial charge on any atom is 0.303 e. The highest BCUT2D eigenvalue weighted by atomic mass is 16.4. The van der Waals surface area contributed by atoms with E-state index in [0.717, 1.165) is 29.4 Å². The SMILES string of the molecule is CCC(Nc1cccc(C(=O)c2cn(CCCC(=O)O)c3ccccc23)c1)c1ccc(CC(C)C)cc1. The molecule has 1 unspecified atom stereocenters. The zero-order valence-electron chi connectivity index (χ0n) is 21.9. The first kappa shape index (κ1) is 26.2. The number of anilines is 1. The van der Waals surface area contributed by atoms with Crippen molar-refractivity contribution in [1.82, 2.24) is 4.57 Å². The zero-order chi connectivity index (χ0) is 26.4. The van der Waals surface area contributed by atoms with E-state index < -0.39 is 5.97 Å². The molecule has 0 aliphatic heterocycles. The average Bonchev–Trinajstić information content (AvgIpc) is 3.25. The molecular formula is C32H36N2O3. The molecule has 1 atom stereocenters. The summed E-state index contributed by atoms with van der Waals surface area (Å²) in [6, 6.07) is 24.5. The van der Waals surface area contributed by atoms with Crippen LogP contribution < -0.4 is 5.32 Å². The van der Waals surface area contributed by atoms with E-state index >= 15 is 0 Å². The zero-order valence-corrected chi connectivity index (χ0v) is 21.9. The van der Waals surface area contributed by atoms with E-state index in [2.05, 4.69) is 50.4 Å². The Kier molecular flexibility index (Phi) is 8.44. The minimum absolute atomic E-state index is 0.0390. The molecule has 5 heteroatoms. The monoisotopic (exact) mass is 496 g/mol. The van der Waals surface area contributed by atoms with E-state index in [9.17, 15) is 9.59 Å². The number of aromatic nitrogens is 1. The summed E-state index contributed by atoms with van der Waals surface area (Å²) in [5.41, 5.74) is 5.70. The van der Waals surface area contributed by atoms with Crippen LogP contribution in [0.15, 0.2) is 79.0 Å². The normalized spacial score (nSPS) is 12.1. The number of ketones is 1. The number of rotatable bonds is 12. The molecule has 5 nitrogen and oxygen atoms in total. The minimum Gasteiger partial charge on any atom is -0.481 e. The van der Waals surface area contributed by atoms with Crippen molar-refractivity contribution in [2.24, 2.45) is 5.92 Å². The molecule has 0 spiro atoms. The van der Waals surface area contributed by atoms with Gasteiger partial charge in [0, 0.05) is 46.9 Å². The summed E-state index contributed by atoms with van der Waals surface area (Å²) in [7, 11) is 0. The summed E-state index contributed by atoms with van der Waals surface area (Å²) in [4.78, 5) is 24.6. The van der Waals surface area contributed by atoms with Gasteiger partial charge in [0.05, 0.1) is 6.04 Å². The van der Waals surface area contributed by atoms with Crippen molar-refractivity contribution in [3.8, 4) is 0 Å². The Morgan fingerprint density at radius 1 is 0.973 bits per heavy atom. The largest absolute Gasteiger partial charge is 0.481 e. The number of carboxylic acid groups (broad SMARTS) is 1. The molecule has 0 aliphatic carbocycles. The summed E-state index contributed by atoms with van der Waals surface area (Å²) in [5, 5.41) is 13.5. The van der Waals surface area contributed by atoms with Crippen molar-refractivity contribution in [2.45, 2.75) is 59.0 Å². The Morgan fingerprint density at radius 3 is 2.43 bits per heavy atom. The number of carboxylic acids is 1. The maximum absolute atomic E-state index is 13.6. The van der Waals surface area contributed by atoms with Crippen LogP contribution in [0, 0.1) is 5.92 Å². The molecule has 0 radical (unpaired) electrons. The molecule has 0 saturated heterocycles. The Labute approximate surface area is 219 Å². The Bertz CT molecular complexity index is 1370. The number of fused-ring (bicyclic) bond motifs is 1. The van der Waals surface area contributed by atoms with Crippen molar-refractivity contribution in [3.05, 3.63) is 101 Å². The number of nitrogens with one attached hydrogen (secondary N) is 1. The fraction of sp³-hybridized carbons (Fsp3) is 0.312. The molecule has 0 bridgehead atoms. The average molecular weight is 497 g/mol. The highest BCUT2D eigenvalue weighted by Crippen LogP contribution is 2.27. The summed E-state index contributed by atoms with van der Waals surface area (Å²) in [6.45, 7) is 7.18. The summed E-state index contributed by atoms with van der Waals surface area (Å²) in [6.07, 6.45) is 4.47. The number of benzene rings is 3. The van der Waals surface area contributed by atoms with Crippen molar-refractivity contribution < 1.29 is 14.7 Å². The Morgan fingerprint density at radius 2 is 1.73 bits per heavy atom. The lowest BCUT2D eigenvalue weighted by atomic mass is 9.98. The van der Waals surface area contributed by atoms with Crippen molar-refractivity contribution in [2.75, 3.05) is 5.32 Å². The first-order valence-corrected chi connectivity index (χ1v) is 13.2. The van der Waals surface area contributed by atoms with E-state index in [-0.39, 0.29) is 18.2 Å². The summed E-state index contributed by atoms with van der Waals surface area (Å²) in [5.74, 6) is -0.220. The van der Waals surface area contributed by atoms with Crippen LogP contribution in [0.2, 0.25) is 0 Å². The van der Waals surface area contributed by atoms with E-state index in [1.807, 2.05) is 59.3 Å². The van der Waals surface area contributed by atoms with Crippen LogP contribution in [0.4, 0.5) is 5.69 Å². The third-order valence-electron chi connectivity index (χ3n) is 6.72. The van der Waals surface area contributed by atoms with Gasteiger partial charge in [0.15, 0.2) is 5.78 Å². The molecule has 0 saturated carbocycles. The van der Waals surface area contributed by atoms with E-state index in [1.165, 1.54) is 11.1 Å². The molecule has 1 heterocycles. The smallest absolute Gasteiger partial charge is 0.303 e. The van der Waals surface area contributed by atoms with Gasteiger partial charge < -0.3 is 15.0 Å². The number of aliphatic carboxylic acids is 1. The molecule has 0 aliphatic rings. The van der Waals surface area contributed by atoms with Crippen molar-refractivity contribution in [1.29, 1.82) is 0 Å². The van der Waals surface area contributed by atoms with Crippen LogP contribution in [0.1, 0.15) is 73.1 Å². The van der Waals surface area contributed by atoms with Gasteiger partial charge in [0.2, 0.25) is 0 Å². The van der Waals surface area contributed by atoms with Gasteiger partial charge >= 0.3 is 5.97 Å². The van der Waals surface area contributed by atoms with Gasteiger partial charge in [-0.05, 0) is 54.5 Å². The molecule has 192 valence electrons. The quantitative estimate of drug-likeness (QED) is 0.199. The third-order valence-corrected chi connectivity index (χ3v) is 6.72. The first-order valence-electron chi connectivity index (χ1n) is 13.2. The first-order chi connectivity index (χ1) is 17.9. The molecule has 2 N–H and O–H groups in total. The minimum atomic E-state index is -0.811. The number of para-hydroxylation sites is 1. The molecule has 0 fully saturated rings. The Balaban J connectivity index is 1.55. The van der Waals surface area contributed by atoms with Gasteiger partial charge in [-0.25, -0.2) is 0 Å². The van der Waals surface area contributed by atoms with Crippen molar-refractivity contribution in [3.63, 3.8) is 0 Å². The molecular weight excluding hydrogens is 460 g/mol. The maximum atomic E-state index is 13.6. The van der Waals surface area contributed by atoms with Gasteiger partial charge in [0.25, 0.3) is 0 Å². The number of carbonyl (C=O) groups is 2. The predicted molar refractivity (Wildman–Crippen MR) is 150 cm³/mol. The fourth-order valence-corrected chi connectivity index (χ4v) is 4.90. The van der Waals surface area contributed by atoms with Crippen LogP contribution in [-0.2, 0) is 17.8 Å². The lowest BCUT2D eigenvalue weighted by Gasteiger charge is -2.20. The lowest BCUT2D eigenvalue weighted by Crippen LogP contribution is -2.10. The second-order valence-electron chi connectivity index (χ2n) is 10.1. The van der Waals surface area contributed by atoms with Gasteiger partial charge in [-0.3, -0.25) is 9.59 Å². The topological polar surface area (TPSA) is 71.3 Å². The van der Waals surface area contributed by atoms with Gasteiger partial charge in [-0.2, -0.15) is 0 Å². The van der Waals surface area contributed by atoms with Crippen molar-refractivity contribution >= 4 is 28.3 Å². The van der Waals surface area contributed by atoms with Gasteiger partial charge in [-0.15, -0.1) is 0 Å². The molecule has 1 aromatic heterocycles. The van der Waals surface area contributed by atoms with E-state index in [0.29, 0.717) is 30.0 Å². The predicted octanol–water partition coefficient (Wildman–Crippen LogP) is 7.50. The standard InChI is InChI=1S/C32H36N2O3/c1-4-29(24-16-14-23(15-17-24)19-22(2)3)33-26-10-7-9-25(20-26)32(37)28-21-34(18-8-13-31(35)36)30-12-6-5-11-27(28)30/h5-7,9-12,14-17,20-22,29,33H,4,8,13,18-19H2,1-3H3,(H,35,36). The molecule has 3 aromatic carbocycles. The number of carbonyl (C=O) groups excluding carboxylic acids is 1. The second kappa shape index (κ2) is 11.9. The van der Waals surface area contributed by atoms with Crippen LogP contribution in [0.3, 0.4) is 0 Å². The second-order valence-corrected chi connectivity index (χ2v) is 10.1. The van der Waals surface area contributed by atoms with Crippen LogP contribution >= 0.6 is 0 Å². The Hall–Kier alpha value is -3.86. The molecule has 37 heavy (non-hydrogen) atoms. The van der Waals surface area contributed by atoms with Crippen LogP contribution in [-0.4, -0.2) is 21.4 Å². The van der Waals surface area contributed by atoms with Crippen LogP contribution in [0.25, 0.3) is 10.9 Å². The third kappa shape index (κ3) is 6.48. The fourth-order valence-electron chi connectivity index (χ4n) is 4.90. The number of nitrogens with zero attached hydrogens (tertiary/aromatic N) is 1. The summed E-state index contributed by atoms with van der Waals surface area (Å²) >= 11 is 0. The highest BCUT2D eigenvalue weighted by Gasteiger charge is 2.18. The van der Waals surface area contributed by atoms with Gasteiger partial charge in [-0.1, -0.05) is 75.4 Å². The highest BCUT2D eigenvalue weighted by molar-refractivity contribution is 6.16. The number of hydrogen-bond acceptors (Lipinski definition) is 3. The van der Waals surface area contributed by atoms with Crippen LogP contribution in [0.5, 0.6) is 0 Å². The number of aryl methyl sites for hydroxylation is 1. The molecule has 4 aromatic rings. The van der Waals surface area contributed by atoms with Gasteiger partial charge in [0.1, 0.15) is 0 Å². The number of hydrogen-bond donors (Lipinski definition) is 2. The van der Waals surface area contributed by atoms with E-state index in [1.54, 1.807) is 0 Å².